The predicted molar refractivity (Wildman–Crippen MR) is 108 cm³/mol. The molecule has 4 aromatic rings. The smallest absolute Gasteiger partial charge is 0.254 e. The fraction of sp³-hybridized carbons (Fsp3) is 0.286. The molecular weight excluding hydrogens is 366 g/mol. The number of carbonyl (C=O) groups is 1. The Morgan fingerprint density at radius 3 is 2.83 bits per heavy atom. The van der Waals surface area contributed by atoms with Crippen LogP contribution in [0.4, 0.5) is 0 Å². The molecule has 5 rings (SSSR count). The lowest BCUT2D eigenvalue weighted by Crippen LogP contribution is -2.31. The number of carbonyl (C=O) groups excluding carboxylic acids is 1. The molecule has 146 valence electrons. The molecule has 1 aliphatic heterocycles. The minimum Gasteiger partial charge on any atom is -0.331 e. The number of fused-ring (bicyclic) bond motifs is 1. The Morgan fingerprint density at radius 2 is 2.00 bits per heavy atom. The molecule has 0 bridgehead atoms. The highest BCUT2D eigenvalue weighted by atomic mass is 16.2. The average Bonchev–Trinajstić information content (AvgIpc) is 3.47. The summed E-state index contributed by atoms with van der Waals surface area (Å²) >= 11 is 0. The van der Waals surface area contributed by atoms with Gasteiger partial charge in [0.2, 0.25) is 0 Å². The van der Waals surface area contributed by atoms with Gasteiger partial charge in [0.1, 0.15) is 11.6 Å². The van der Waals surface area contributed by atoms with E-state index in [9.17, 15) is 4.79 Å². The van der Waals surface area contributed by atoms with E-state index in [0.29, 0.717) is 17.9 Å². The van der Waals surface area contributed by atoms with Crippen LogP contribution in [0.25, 0.3) is 22.4 Å². The minimum atomic E-state index is -0.105. The zero-order valence-corrected chi connectivity index (χ0v) is 16.3. The van der Waals surface area contributed by atoms with E-state index in [2.05, 4.69) is 25.1 Å². The molecule has 8 heteroatoms. The SMILES string of the molecule is Cc1nc2cc(C(=O)N3CCC[C@@H]3c3nc(-c4ccncc4)n[nH]3)ccc2n1C. The third-order valence-electron chi connectivity index (χ3n) is 5.62. The van der Waals surface area contributed by atoms with E-state index < -0.39 is 0 Å². The fourth-order valence-electron chi connectivity index (χ4n) is 3.97. The summed E-state index contributed by atoms with van der Waals surface area (Å²) in [4.78, 5) is 28.4. The van der Waals surface area contributed by atoms with Crippen molar-refractivity contribution in [1.82, 2.24) is 34.6 Å². The van der Waals surface area contributed by atoms with Crippen LogP contribution in [-0.4, -0.2) is 47.1 Å². The maximum absolute atomic E-state index is 13.3. The van der Waals surface area contributed by atoms with Crippen molar-refractivity contribution in [2.75, 3.05) is 6.54 Å². The minimum absolute atomic E-state index is 0.000401. The molecule has 1 atom stereocenters. The number of likely N-dealkylation sites (tertiary alicyclic amines) is 1. The molecule has 0 saturated carbocycles. The van der Waals surface area contributed by atoms with Crippen molar-refractivity contribution in [3.8, 4) is 11.4 Å². The summed E-state index contributed by atoms with van der Waals surface area (Å²) in [5, 5.41) is 7.37. The van der Waals surface area contributed by atoms with Gasteiger partial charge in [-0.05, 0) is 50.1 Å². The predicted octanol–water partition coefficient (Wildman–Crippen LogP) is 3.04. The first-order valence-electron chi connectivity index (χ1n) is 9.68. The lowest BCUT2D eigenvalue weighted by Gasteiger charge is -2.23. The zero-order valence-electron chi connectivity index (χ0n) is 16.3. The highest BCUT2D eigenvalue weighted by Gasteiger charge is 2.33. The van der Waals surface area contributed by atoms with Gasteiger partial charge in [0.15, 0.2) is 5.82 Å². The highest BCUT2D eigenvalue weighted by Crippen LogP contribution is 2.32. The molecule has 0 unspecified atom stereocenters. The summed E-state index contributed by atoms with van der Waals surface area (Å²) in [5.74, 6) is 2.26. The largest absolute Gasteiger partial charge is 0.331 e. The molecule has 1 amide bonds. The van der Waals surface area contributed by atoms with Crippen molar-refractivity contribution in [2.24, 2.45) is 7.05 Å². The van der Waals surface area contributed by atoms with Crippen molar-refractivity contribution in [3.63, 3.8) is 0 Å². The number of pyridine rings is 1. The summed E-state index contributed by atoms with van der Waals surface area (Å²) < 4.78 is 2.03. The molecule has 1 fully saturated rings. The Balaban J connectivity index is 1.43. The van der Waals surface area contributed by atoms with Crippen LogP contribution in [0.2, 0.25) is 0 Å². The summed E-state index contributed by atoms with van der Waals surface area (Å²) in [5.41, 5.74) is 3.41. The first kappa shape index (κ1) is 17.5. The molecule has 3 aromatic heterocycles. The zero-order chi connectivity index (χ0) is 20.0. The van der Waals surface area contributed by atoms with Crippen LogP contribution < -0.4 is 0 Å². The number of aromatic amines is 1. The summed E-state index contributed by atoms with van der Waals surface area (Å²) in [7, 11) is 1.98. The number of hydrogen-bond donors (Lipinski definition) is 1. The number of hydrogen-bond acceptors (Lipinski definition) is 5. The van der Waals surface area contributed by atoms with Crippen LogP contribution in [-0.2, 0) is 7.05 Å². The number of aryl methyl sites for hydroxylation is 2. The number of aromatic nitrogens is 6. The van der Waals surface area contributed by atoms with Crippen LogP contribution in [0, 0.1) is 6.92 Å². The Morgan fingerprint density at radius 1 is 1.17 bits per heavy atom. The molecule has 8 nitrogen and oxygen atoms in total. The van der Waals surface area contributed by atoms with Crippen molar-refractivity contribution >= 4 is 16.9 Å². The second-order valence-corrected chi connectivity index (χ2v) is 7.36. The molecule has 0 radical (unpaired) electrons. The first-order valence-corrected chi connectivity index (χ1v) is 9.68. The lowest BCUT2D eigenvalue weighted by molar-refractivity contribution is 0.0730. The van der Waals surface area contributed by atoms with Gasteiger partial charge in [-0.15, -0.1) is 0 Å². The Labute approximate surface area is 167 Å². The summed E-state index contributed by atoms with van der Waals surface area (Å²) in [6.45, 7) is 2.66. The van der Waals surface area contributed by atoms with Crippen LogP contribution in [0.5, 0.6) is 0 Å². The van der Waals surface area contributed by atoms with E-state index in [4.69, 9.17) is 0 Å². The number of rotatable bonds is 3. The van der Waals surface area contributed by atoms with Gasteiger partial charge in [-0.2, -0.15) is 5.10 Å². The topological polar surface area (TPSA) is 92.6 Å². The number of benzene rings is 1. The number of nitrogens with zero attached hydrogens (tertiary/aromatic N) is 6. The highest BCUT2D eigenvalue weighted by molar-refractivity contribution is 5.97. The normalized spacial score (nSPS) is 16.6. The van der Waals surface area contributed by atoms with Gasteiger partial charge >= 0.3 is 0 Å². The standard InChI is InChI=1S/C21H21N7O/c1-13-23-16-12-15(5-6-17(16)27(13)2)21(29)28-11-3-4-18(28)20-24-19(25-26-20)14-7-9-22-10-8-14/h5-10,12,18H,3-4,11H2,1-2H3,(H,24,25,26)/t18-/m1/s1. The van der Waals surface area contributed by atoms with Gasteiger partial charge in [0.25, 0.3) is 5.91 Å². The van der Waals surface area contributed by atoms with E-state index in [0.717, 1.165) is 41.1 Å². The Hall–Kier alpha value is -3.55. The Kier molecular flexibility index (Phi) is 4.12. The van der Waals surface area contributed by atoms with Gasteiger partial charge in [-0.1, -0.05) is 0 Å². The molecule has 1 aliphatic rings. The third-order valence-corrected chi connectivity index (χ3v) is 5.62. The van der Waals surface area contributed by atoms with Gasteiger partial charge in [0.05, 0.1) is 17.1 Å². The van der Waals surface area contributed by atoms with Crippen LogP contribution in [0.3, 0.4) is 0 Å². The van der Waals surface area contributed by atoms with Crippen molar-refractivity contribution in [3.05, 3.63) is 59.9 Å². The third kappa shape index (κ3) is 2.97. The maximum Gasteiger partial charge on any atom is 0.254 e. The van der Waals surface area contributed by atoms with E-state index in [1.165, 1.54) is 0 Å². The molecule has 1 N–H and O–H groups in total. The fourth-order valence-corrected chi connectivity index (χ4v) is 3.97. The van der Waals surface area contributed by atoms with Crippen molar-refractivity contribution in [1.29, 1.82) is 0 Å². The number of H-pyrrole nitrogens is 1. The van der Waals surface area contributed by atoms with Gasteiger partial charge in [-0.25, -0.2) is 9.97 Å². The van der Waals surface area contributed by atoms with Crippen LogP contribution >= 0.6 is 0 Å². The molecule has 29 heavy (non-hydrogen) atoms. The van der Waals surface area contributed by atoms with E-state index in [-0.39, 0.29) is 11.9 Å². The average molecular weight is 387 g/mol. The number of nitrogens with one attached hydrogen (secondary N) is 1. The van der Waals surface area contributed by atoms with Crippen molar-refractivity contribution < 1.29 is 4.79 Å². The van der Waals surface area contributed by atoms with Crippen LogP contribution in [0.1, 0.15) is 40.9 Å². The quantitative estimate of drug-likeness (QED) is 0.583. The Bertz CT molecular complexity index is 1190. The second kappa shape index (κ2) is 6.80. The molecule has 1 saturated heterocycles. The summed E-state index contributed by atoms with van der Waals surface area (Å²) in [6, 6.07) is 9.35. The maximum atomic E-state index is 13.3. The molecule has 1 aromatic carbocycles. The second-order valence-electron chi connectivity index (χ2n) is 7.36. The van der Waals surface area contributed by atoms with Gasteiger partial charge in [0, 0.05) is 37.1 Å². The number of imidazole rings is 1. The van der Waals surface area contributed by atoms with Crippen LogP contribution in [0.15, 0.2) is 42.7 Å². The lowest BCUT2D eigenvalue weighted by atomic mass is 10.1. The van der Waals surface area contributed by atoms with Gasteiger partial charge < -0.3 is 9.47 Å². The van der Waals surface area contributed by atoms with Gasteiger partial charge in [-0.3, -0.25) is 14.9 Å². The first-order chi connectivity index (χ1) is 14.1. The summed E-state index contributed by atoms with van der Waals surface area (Å²) in [6.07, 6.45) is 5.23. The molecule has 0 spiro atoms. The van der Waals surface area contributed by atoms with E-state index in [1.54, 1.807) is 12.4 Å². The number of amides is 1. The monoisotopic (exact) mass is 387 g/mol. The van der Waals surface area contributed by atoms with E-state index in [1.807, 2.05) is 53.8 Å². The molecule has 4 heterocycles. The van der Waals surface area contributed by atoms with E-state index >= 15 is 0 Å². The van der Waals surface area contributed by atoms with Crippen molar-refractivity contribution in [2.45, 2.75) is 25.8 Å². The molecule has 0 aliphatic carbocycles. The molecular formula is C21H21N7O.